The predicted octanol–water partition coefficient (Wildman–Crippen LogP) is 0.832. The summed E-state index contributed by atoms with van der Waals surface area (Å²) in [6.45, 7) is 0. The van der Waals surface area contributed by atoms with Crippen LogP contribution in [0.15, 0.2) is 18.6 Å². The van der Waals surface area contributed by atoms with Crippen LogP contribution in [0.25, 0.3) is 0 Å². The summed E-state index contributed by atoms with van der Waals surface area (Å²) in [5.41, 5.74) is 0.436. The summed E-state index contributed by atoms with van der Waals surface area (Å²) >= 11 is 0. The van der Waals surface area contributed by atoms with Crippen LogP contribution in [0.2, 0.25) is 0 Å². The third-order valence-corrected chi connectivity index (χ3v) is 4.10. The molecule has 2 atom stereocenters. The van der Waals surface area contributed by atoms with Crippen molar-refractivity contribution >= 4 is 5.91 Å². The van der Waals surface area contributed by atoms with Gasteiger partial charge in [-0.15, -0.1) is 0 Å². The van der Waals surface area contributed by atoms with Gasteiger partial charge in [0.05, 0.1) is 6.20 Å². The molecule has 0 saturated carbocycles. The Kier molecular flexibility index (Phi) is 2.99. The first kappa shape index (κ1) is 11.6. The van der Waals surface area contributed by atoms with E-state index in [1.807, 2.05) is 11.9 Å². The second-order valence-corrected chi connectivity index (χ2v) is 5.27. The molecule has 2 bridgehead atoms. The second kappa shape index (κ2) is 4.65. The molecule has 5 nitrogen and oxygen atoms in total. The van der Waals surface area contributed by atoms with E-state index in [9.17, 15) is 4.79 Å². The lowest BCUT2D eigenvalue weighted by molar-refractivity contribution is 0.0675. The van der Waals surface area contributed by atoms with Gasteiger partial charge < -0.3 is 10.2 Å². The van der Waals surface area contributed by atoms with Crippen LogP contribution in [0.1, 0.15) is 36.2 Å². The lowest BCUT2D eigenvalue weighted by Gasteiger charge is -2.35. The van der Waals surface area contributed by atoms with Crippen molar-refractivity contribution in [1.82, 2.24) is 20.2 Å². The van der Waals surface area contributed by atoms with Gasteiger partial charge >= 0.3 is 0 Å². The predicted molar refractivity (Wildman–Crippen MR) is 67.1 cm³/mol. The molecule has 0 radical (unpaired) electrons. The third-order valence-electron chi connectivity index (χ3n) is 4.10. The van der Waals surface area contributed by atoms with E-state index in [0.29, 0.717) is 23.8 Å². The zero-order valence-corrected chi connectivity index (χ0v) is 10.5. The Morgan fingerprint density at radius 3 is 2.67 bits per heavy atom. The van der Waals surface area contributed by atoms with E-state index in [-0.39, 0.29) is 5.91 Å². The first-order valence-corrected chi connectivity index (χ1v) is 6.53. The highest BCUT2D eigenvalue weighted by atomic mass is 16.2. The fourth-order valence-corrected chi connectivity index (χ4v) is 3.10. The smallest absolute Gasteiger partial charge is 0.274 e. The average molecular weight is 246 g/mol. The third kappa shape index (κ3) is 2.10. The Morgan fingerprint density at radius 2 is 2.06 bits per heavy atom. The molecular weight excluding hydrogens is 228 g/mol. The SMILES string of the molecule is CN(C(=O)c1cnccn1)C1CC2CCC(C1)N2. The first-order valence-electron chi connectivity index (χ1n) is 6.53. The Labute approximate surface area is 107 Å². The summed E-state index contributed by atoms with van der Waals surface area (Å²) in [7, 11) is 1.88. The number of amides is 1. The minimum Gasteiger partial charge on any atom is -0.337 e. The quantitative estimate of drug-likeness (QED) is 0.840. The van der Waals surface area contributed by atoms with Gasteiger partial charge in [-0.05, 0) is 25.7 Å². The number of nitrogens with zero attached hydrogens (tertiary/aromatic N) is 3. The fraction of sp³-hybridized carbons (Fsp3) is 0.615. The lowest BCUT2D eigenvalue weighted by Crippen LogP contribution is -2.48. The topological polar surface area (TPSA) is 58.1 Å². The van der Waals surface area contributed by atoms with E-state index in [1.165, 1.54) is 19.0 Å². The van der Waals surface area contributed by atoms with Crippen molar-refractivity contribution < 1.29 is 4.79 Å². The number of nitrogens with one attached hydrogen (secondary N) is 1. The highest BCUT2D eigenvalue weighted by Gasteiger charge is 2.36. The van der Waals surface area contributed by atoms with Crippen molar-refractivity contribution in [1.29, 1.82) is 0 Å². The first-order chi connectivity index (χ1) is 8.74. The van der Waals surface area contributed by atoms with Gasteiger partial charge in [-0.1, -0.05) is 0 Å². The van der Waals surface area contributed by atoms with Gasteiger partial charge in [0.25, 0.3) is 5.91 Å². The summed E-state index contributed by atoms with van der Waals surface area (Å²) in [5.74, 6) is -0.0191. The summed E-state index contributed by atoms with van der Waals surface area (Å²) in [6, 6.07) is 1.51. The molecule has 0 spiro atoms. The van der Waals surface area contributed by atoms with Crippen molar-refractivity contribution in [3.63, 3.8) is 0 Å². The van der Waals surface area contributed by atoms with Gasteiger partial charge in [0.15, 0.2) is 0 Å². The van der Waals surface area contributed by atoms with Crippen LogP contribution >= 0.6 is 0 Å². The molecule has 2 saturated heterocycles. The van der Waals surface area contributed by atoms with Gasteiger partial charge in [0.1, 0.15) is 5.69 Å². The van der Waals surface area contributed by atoms with Crippen LogP contribution in [0.3, 0.4) is 0 Å². The van der Waals surface area contributed by atoms with E-state index in [0.717, 1.165) is 12.8 Å². The number of hydrogen-bond donors (Lipinski definition) is 1. The van der Waals surface area contributed by atoms with Crippen LogP contribution in [0, 0.1) is 0 Å². The fourth-order valence-electron chi connectivity index (χ4n) is 3.10. The molecule has 2 aliphatic rings. The molecular formula is C13H18N4O. The number of carbonyl (C=O) groups is 1. The zero-order valence-electron chi connectivity index (χ0n) is 10.5. The van der Waals surface area contributed by atoms with Crippen LogP contribution in [-0.4, -0.2) is 45.9 Å². The van der Waals surface area contributed by atoms with E-state index >= 15 is 0 Å². The molecule has 3 rings (SSSR count). The molecule has 5 heteroatoms. The number of hydrogen-bond acceptors (Lipinski definition) is 4. The Hall–Kier alpha value is -1.49. The van der Waals surface area contributed by atoms with Crippen molar-refractivity contribution in [2.45, 2.75) is 43.8 Å². The Balaban J connectivity index is 1.71. The largest absolute Gasteiger partial charge is 0.337 e. The summed E-state index contributed by atoms with van der Waals surface area (Å²) in [5, 5.41) is 3.59. The molecule has 18 heavy (non-hydrogen) atoms. The standard InChI is InChI=1S/C13H18N4O/c1-17(13(18)12-8-14-4-5-15-12)11-6-9-2-3-10(7-11)16-9/h4-5,8-11,16H,2-3,6-7H2,1H3. The summed E-state index contributed by atoms with van der Waals surface area (Å²) in [6.07, 6.45) is 9.28. The van der Waals surface area contributed by atoms with Crippen molar-refractivity contribution in [3.8, 4) is 0 Å². The summed E-state index contributed by atoms with van der Waals surface area (Å²) in [4.78, 5) is 22.2. The highest BCUT2D eigenvalue weighted by molar-refractivity contribution is 5.92. The Morgan fingerprint density at radius 1 is 1.33 bits per heavy atom. The second-order valence-electron chi connectivity index (χ2n) is 5.27. The number of piperidine rings is 1. The molecule has 2 fully saturated rings. The van der Waals surface area contributed by atoms with Crippen molar-refractivity contribution in [3.05, 3.63) is 24.3 Å². The molecule has 0 aromatic carbocycles. The van der Waals surface area contributed by atoms with Crippen LogP contribution in [-0.2, 0) is 0 Å². The normalized spacial score (nSPS) is 30.2. The van der Waals surface area contributed by atoms with Gasteiger partial charge in [-0.3, -0.25) is 9.78 Å². The molecule has 96 valence electrons. The van der Waals surface area contributed by atoms with Crippen molar-refractivity contribution in [2.75, 3.05) is 7.05 Å². The monoisotopic (exact) mass is 246 g/mol. The highest BCUT2D eigenvalue weighted by Crippen LogP contribution is 2.29. The molecule has 1 aromatic rings. The van der Waals surface area contributed by atoms with E-state index in [2.05, 4.69) is 15.3 Å². The number of rotatable bonds is 2. The molecule has 0 aliphatic carbocycles. The zero-order chi connectivity index (χ0) is 12.5. The van der Waals surface area contributed by atoms with Gasteiger partial charge in [0.2, 0.25) is 0 Å². The molecule has 1 N–H and O–H groups in total. The van der Waals surface area contributed by atoms with E-state index < -0.39 is 0 Å². The molecule has 2 unspecified atom stereocenters. The number of aromatic nitrogens is 2. The minimum absolute atomic E-state index is 0.0191. The molecule has 1 amide bonds. The van der Waals surface area contributed by atoms with Crippen LogP contribution in [0.4, 0.5) is 0 Å². The maximum absolute atomic E-state index is 12.3. The van der Waals surface area contributed by atoms with Gasteiger partial charge in [0, 0.05) is 37.6 Å². The van der Waals surface area contributed by atoms with Crippen molar-refractivity contribution in [2.24, 2.45) is 0 Å². The van der Waals surface area contributed by atoms with Crippen LogP contribution < -0.4 is 5.32 Å². The van der Waals surface area contributed by atoms with Gasteiger partial charge in [-0.25, -0.2) is 4.98 Å². The average Bonchev–Trinajstić information content (AvgIpc) is 2.77. The van der Waals surface area contributed by atoms with Gasteiger partial charge in [-0.2, -0.15) is 0 Å². The summed E-state index contributed by atoms with van der Waals surface area (Å²) < 4.78 is 0. The maximum atomic E-state index is 12.3. The minimum atomic E-state index is -0.0191. The molecule has 1 aromatic heterocycles. The molecule has 3 heterocycles. The molecule has 2 aliphatic heterocycles. The van der Waals surface area contributed by atoms with E-state index in [4.69, 9.17) is 0 Å². The maximum Gasteiger partial charge on any atom is 0.274 e. The number of fused-ring (bicyclic) bond motifs is 2. The Bertz CT molecular complexity index is 424. The number of carbonyl (C=O) groups excluding carboxylic acids is 1. The lowest BCUT2D eigenvalue weighted by atomic mass is 9.98. The van der Waals surface area contributed by atoms with Crippen LogP contribution in [0.5, 0.6) is 0 Å². The van der Waals surface area contributed by atoms with E-state index in [1.54, 1.807) is 12.4 Å².